The van der Waals surface area contributed by atoms with Crippen molar-refractivity contribution in [2.24, 2.45) is 5.92 Å². The van der Waals surface area contributed by atoms with E-state index in [-0.39, 0.29) is 11.3 Å². The average molecular weight is 341 g/mol. The summed E-state index contributed by atoms with van der Waals surface area (Å²) in [5.41, 5.74) is 1.00. The van der Waals surface area contributed by atoms with Crippen LogP contribution in [0.15, 0.2) is 16.9 Å². The molecule has 1 saturated heterocycles. The lowest BCUT2D eigenvalue weighted by molar-refractivity contribution is 0.0601. The highest BCUT2D eigenvalue weighted by atomic mass is 16.5. The molecule has 1 aliphatic heterocycles. The number of carbonyl (C=O) groups excluding carboxylic acids is 1. The zero-order valence-electron chi connectivity index (χ0n) is 14.7. The van der Waals surface area contributed by atoms with E-state index in [0.29, 0.717) is 24.0 Å². The van der Waals surface area contributed by atoms with Crippen LogP contribution < -0.4 is 0 Å². The van der Waals surface area contributed by atoms with Crippen LogP contribution in [0.2, 0.25) is 0 Å². The van der Waals surface area contributed by atoms with E-state index >= 15 is 0 Å². The molecule has 2 aliphatic rings. The summed E-state index contributed by atoms with van der Waals surface area (Å²) < 4.78 is 5.25. The summed E-state index contributed by atoms with van der Waals surface area (Å²) in [4.78, 5) is 27.8. The molecule has 0 N–H and O–H groups in total. The smallest absolute Gasteiger partial charge is 0.274 e. The Morgan fingerprint density at radius 3 is 2.80 bits per heavy atom. The lowest BCUT2D eigenvalue weighted by atomic mass is 9.74. The summed E-state index contributed by atoms with van der Waals surface area (Å²) in [6, 6.07) is 0. The van der Waals surface area contributed by atoms with E-state index in [2.05, 4.69) is 20.1 Å². The Morgan fingerprint density at radius 1 is 1.32 bits per heavy atom. The van der Waals surface area contributed by atoms with Gasteiger partial charge in [-0.05, 0) is 32.1 Å². The molecule has 3 heterocycles. The second-order valence-electron chi connectivity index (χ2n) is 7.44. The molecular weight excluding hydrogens is 318 g/mol. The van der Waals surface area contributed by atoms with Gasteiger partial charge in [-0.3, -0.25) is 9.78 Å². The molecule has 1 saturated carbocycles. The number of aromatic nitrogens is 4. The molecule has 1 atom stereocenters. The highest BCUT2D eigenvalue weighted by molar-refractivity contribution is 5.92. The van der Waals surface area contributed by atoms with Crippen LogP contribution in [0.5, 0.6) is 0 Å². The van der Waals surface area contributed by atoms with Gasteiger partial charge in [0.1, 0.15) is 5.69 Å². The lowest BCUT2D eigenvalue weighted by Crippen LogP contribution is -2.49. The molecule has 2 fully saturated rings. The van der Waals surface area contributed by atoms with Gasteiger partial charge >= 0.3 is 0 Å². The number of likely N-dealkylation sites (tertiary alicyclic amines) is 1. The number of hydrogen-bond acceptors (Lipinski definition) is 6. The van der Waals surface area contributed by atoms with Crippen molar-refractivity contribution in [3.63, 3.8) is 0 Å². The standard InChI is InChI=1S/C18H23N5O2/c1-12-9-20-15(10-19-12)16(24)23-7-3-6-18(11-23,8-14-4-5-14)17-21-13(2)25-22-17/h9-10,14H,3-8,11H2,1-2H3. The third-order valence-electron chi connectivity index (χ3n) is 5.24. The third-order valence-corrected chi connectivity index (χ3v) is 5.24. The van der Waals surface area contributed by atoms with E-state index in [1.165, 1.54) is 12.8 Å². The zero-order chi connectivity index (χ0) is 17.4. The molecule has 0 bridgehead atoms. The molecule has 1 unspecified atom stereocenters. The summed E-state index contributed by atoms with van der Waals surface area (Å²) in [6.45, 7) is 5.03. The largest absolute Gasteiger partial charge is 0.340 e. The molecular formula is C18H23N5O2. The summed E-state index contributed by atoms with van der Waals surface area (Å²) in [7, 11) is 0. The Bertz CT molecular complexity index is 768. The number of piperidine rings is 1. The van der Waals surface area contributed by atoms with E-state index in [9.17, 15) is 4.79 Å². The number of amides is 1. The van der Waals surface area contributed by atoms with E-state index in [1.807, 2.05) is 18.7 Å². The fraction of sp³-hybridized carbons (Fsp3) is 0.611. The first-order valence-corrected chi connectivity index (χ1v) is 8.94. The third kappa shape index (κ3) is 3.27. The van der Waals surface area contributed by atoms with Crippen LogP contribution in [-0.4, -0.2) is 44.0 Å². The highest BCUT2D eigenvalue weighted by Crippen LogP contribution is 2.45. The van der Waals surface area contributed by atoms with E-state index < -0.39 is 0 Å². The van der Waals surface area contributed by atoms with Crippen molar-refractivity contribution in [3.8, 4) is 0 Å². The second kappa shape index (κ2) is 6.20. The van der Waals surface area contributed by atoms with Crippen LogP contribution in [-0.2, 0) is 5.41 Å². The van der Waals surface area contributed by atoms with Gasteiger partial charge in [0.15, 0.2) is 5.82 Å². The summed E-state index contributed by atoms with van der Waals surface area (Å²) in [6.07, 6.45) is 8.67. The lowest BCUT2D eigenvalue weighted by Gasteiger charge is -2.41. The van der Waals surface area contributed by atoms with E-state index in [1.54, 1.807) is 12.4 Å². The van der Waals surface area contributed by atoms with Crippen LogP contribution in [0, 0.1) is 19.8 Å². The first-order valence-electron chi connectivity index (χ1n) is 8.94. The summed E-state index contributed by atoms with van der Waals surface area (Å²) in [5.74, 6) is 1.99. The Labute approximate surface area is 146 Å². The molecule has 7 nitrogen and oxygen atoms in total. The molecule has 7 heteroatoms. The van der Waals surface area contributed by atoms with Crippen LogP contribution in [0.4, 0.5) is 0 Å². The predicted molar refractivity (Wildman–Crippen MR) is 90.0 cm³/mol. The Morgan fingerprint density at radius 2 is 2.16 bits per heavy atom. The summed E-state index contributed by atoms with van der Waals surface area (Å²) in [5, 5.41) is 4.22. The van der Waals surface area contributed by atoms with Crippen molar-refractivity contribution in [2.75, 3.05) is 13.1 Å². The van der Waals surface area contributed by atoms with Crippen molar-refractivity contribution < 1.29 is 9.32 Å². The van der Waals surface area contributed by atoms with Crippen molar-refractivity contribution in [1.82, 2.24) is 25.0 Å². The quantitative estimate of drug-likeness (QED) is 0.849. The predicted octanol–water partition coefficient (Wildman–Crippen LogP) is 2.45. The van der Waals surface area contributed by atoms with Gasteiger partial charge < -0.3 is 9.42 Å². The van der Waals surface area contributed by atoms with Gasteiger partial charge in [0.25, 0.3) is 5.91 Å². The minimum Gasteiger partial charge on any atom is -0.340 e. The minimum absolute atomic E-state index is 0.0624. The molecule has 4 rings (SSSR count). The SMILES string of the molecule is Cc1cnc(C(=O)N2CCCC(CC3CC3)(c3noc(C)n3)C2)cn1. The van der Waals surface area contributed by atoms with E-state index in [4.69, 9.17) is 4.52 Å². The van der Waals surface area contributed by atoms with Gasteiger partial charge in [0, 0.05) is 26.2 Å². The molecule has 25 heavy (non-hydrogen) atoms. The van der Waals surface area contributed by atoms with Gasteiger partial charge in [0.2, 0.25) is 5.89 Å². The van der Waals surface area contributed by atoms with E-state index in [0.717, 1.165) is 37.3 Å². The maximum Gasteiger partial charge on any atom is 0.274 e. The zero-order valence-corrected chi connectivity index (χ0v) is 14.7. The molecule has 1 amide bonds. The topological polar surface area (TPSA) is 85.0 Å². The van der Waals surface area contributed by atoms with Gasteiger partial charge in [-0.25, -0.2) is 4.98 Å². The maximum atomic E-state index is 12.9. The monoisotopic (exact) mass is 341 g/mol. The van der Waals surface area contributed by atoms with Crippen molar-refractivity contribution in [1.29, 1.82) is 0 Å². The van der Waals surface area contributed by atoms with Gasteiger partial charge in [-0.2, -0.15) is 4.98 Å². The normalized spacial score (nSPS) is 23.7. The Balaban J connectivity index is 1.60. The van der Waals surface area contributed by atoms with Gasteiger partial charge in [-0.15, -0.1) is 0 Å². The Kier molecular flexibility index (Phi) is 4.01. The minimum atomic E-state index is -0.203. The first kappa shape index (κ1) is 16.2. The number of carbonyl (C=O) groups is 1. The van der Waals surface area contributed by atoms with Crippen molar-refractivity contribution in [2.45, 2.75) is 51.4 Å². The molecule has 2 aromatic heterocycles. The molecule has 0 spiro atoms. The number of rotatable bonds is 4. The molecule has 0 radical (unpaired) electrons. The number of aryl methyl sites for hydroxylation is 2. The Hall–Kier alpha value is -2.31. The molecule has 0 aromatic carbocycles. The number of hydrogen-bond donors (Lipinski definition) is 0. The maximum absolute atomic E-state index is 12.9. The van der Waals surface area contributed by atoms with Gasteiger partial charge in [0.05, 0.1) is 17.3 Å². The molecule has 2 aromatic rings. The van der Waals surface area contributed by atoms with Crippen molar-refractivity contribution >= 4 is 5.91 Å². The van der Waals surface area contributed by atoms with Crippen molar-refractivity contribution in [3.05, 3.63) is 35.5 Å². The first-order chi connectivity index (χ1) is 12.1. The fourth-order valence-electron chi connectivity index (χ4n) is 3.80. The highest BCUT2D eigenvalue weighted by Gasteiger charge is 2.45. The van der Waals surface area contributed by atoms with Crippen LogP contribution in [0.25, 0.3) is 0 Å². The molecule has 132 valence electrons. The molecule has 1 aliphatic carbocycles. The van der Waals surface area contributed by atoms with Gasteiger partial charge in [-0.1, -0.05) is 18.0 Å². The second-order valence-corrected chi connectivity index (χ2v) is 7.44. The average Bonchev–Trinajstić information content (AvgIpc) is 3.31. The summed E-state index contributed by atoms with van der Waals surface area (Å²) >= 11 is 0. The van der Waals surface area contributed by atoms with Crippen LogP contribution >= 0.6 is 0 Å². The van der Waals surface area contributed by atoms with Crippen LogP contribution in [0.3, 0.4) is 0 Å². The van der Waals surface area contributed by atoms with Crippen LogP contribution in [0.1, 0.15) is 60.0 Å². The number of nitrogens with zero attached hydrogens (tertiary/aromatic N) is 5. The fourth-order valence-corrected chi connectivity index (χ4v) is 3.80.